The van der Waals surface area contributed by atoms with Crippen LogP contribution in [0.3, 0.4) is 0 Å². The molecule has 0 aliphatic rings. The van der Waals surface area contributed by atoms with Gasteiger partial charge in [0.05, 0.1) is 0 Å². The highest BCUT2D eigenvalue weighted by atomic mass is 16.5. The average molecular weight is 75.1 g/mol. The predicted octanol–water partition coefficient (Wildman–Crippen LogP) is 0.165. The molecule has 0 aromatic carbocycles. The highest BCUT2D eigenvalue weighted by Crippen LogP contribution is 1.57. The molecule has 0 saturated heterocycles. The standard InChI is InChI=1S/C3H9NO/c1-3-4(2)5/h5H,3H2,1-2H3/q+1. The van der Waals surface area contributed by atoms with E-state index in [1.54, 1.807) is 7.05 Å². The fourth-order valence-corrected chi connectivity index (χ4v) is 0. The minimum atomic E-state index is 0.694. The minimum Gasteiger partial charge on any atom is -0.163 e. The summed E-state index contributed by atoms with van der Waals surface area (Å²) in [4.78, 5) is 0. The fourth-order valence-electron chi connectivity index (χ4n) is 0. The molecule has 0 rings (SSSR count). The van der Waals surface area contributed by atoms with Crippen molar-refractivity contribution >= 4 is 0 Å². The van der Waals surface area contributed by atoms with Crippen molar-refractivity contribution in [3.05, 3.63) is 0 Å². The van der Waals surface area contributed by atoms with Crippen LogP contribution in [0.1, 0.15) is 6.92 Å². The molecule has 1 N–H and O–H groups in total. The van der Waals surface area contributed by atoms with E-state index in [9.17, 15) is 0 Å². The van der Waals surface area contributed by atoms with Gasteiger partial charge in [0.1, 0.15) is 7.05 Å². The van der Waals surface area contributed by atoms with Crippen LogP contribution in [0.4, 0.5) is 0 Å². The molecule has 2 heteroatoms. The van der Waals surface area contributed by atoms with E-state index in [-0.39, 0.29) is 0 Å². The van der Waals surface area contributed by atoms with Crippen molar-refractivity contribution in [1.29, 1.82) is 0 Å². The number of hydrogen-bond acceptors (Lipinski definition) is 2. The van der Waals surface area contributed by atoms with Crippen molar-refractivity contribution in [2.75, 3.05) is 13.6 Å². The van der Waals surface area contributed by atoms with Gasteiger partial charge in [0, 0.05) is 0 Å². The van der Waals surface area contributed by atoms with Gasteiger partial charge in [-0.1, -0.05) is 0 Å². The Kier molecular flexibility index (Phi) is 2.14. The third kappa shape index (κ3) is 3.92. The molecule has 0 heterocycles. The highest BCUT2D eigenvalue weighted by molar-refractivity contribution is 4.23. The minimum absolute atomic E-state index is 0.694. The SMILES string of the molecule is CC[N+](C)O. The lowest BCUT2D eigenvalue weighted by Crippen LogP contribution is -2.17. The maximum Gasteiger partial charge on any atom is 0.156 e. The first-order valence-corrected chi connectivity index (χ1v) is 1.67. The Morgan fingerprint density at radius 1 is 1.80 bits per heavy atom. The molecule has 0 spiro atoms. The van der Waals surface area contributed by atoms with Crippen LogP contribution in [0.5, 0.6) is 0 Å². The molecule has 31 valence electrons. The second-order valence-corrected chi connectivity index (χ2v) is 0.974. The van der Waals surface area contributed by atoms with E-state index >= 15 is 0 Å². The van der Waals surface area contributed by atoms with Crippen molar-refractivity contribution < 1.29 is 5.21 Å². The Balaban J connectivity index is 2.54. The molecule has 1 radical (unpaired) electrons. The van der Waals surface area contributed by atoms with E-state index in [0.29, 0.717) is 6.54 Å². The average Bonchev–Trinajstić information content (AvgIpc) is 1.38. The lowest BCUT2D eigenvalue weighted by Gasteiger charge is -1.82. The summed E-state index contributed by atoms with van der Waals surface area (Å²) >= 11 is 0. The molecule has 0 saturated carbocycles. The molecule has 0 atom stereocenters. The summed E-state index contributed by atoms with van der Waals surface area (Å²) in [5.41, 5.74) is 0. The van der Waals surface area contributed by atoms with E-state index in [1.807, 2.05) is 6.92 Å². The lowest BCUT2D eigenvalue weighted by atomic mass is 10.8. The number of rotatable bonds is 1. The van der Waals surface area contributed by atoms with Crippen LogP contribution in [0.2, 0.25) is 0 Å². The Hall–Kier alpha value is -0.0800. The molecule has 2 nitrogen and oxygen atoms in total. The van der Waals surface area contributed by atoms with Crippen LogP contribution in [0, 0.1) is 0 Å². The lowest BCUT2D eigenvalue weighted by molar-refractivity contribution is 0.0461. The van der Waals surface area contributed by atoms with Crippen LogP contribution in [-0.4, -0.2) is 18.8 Å². The quantitative estimate of drug-likeness (QED) is 0.349. The second kappa shape index (κ2) is 2.18. The van der Waals surface area contributed by atoms with Gasteiger partial charge in [-0.2, -0.15) is 5.21 Å². The molecule has 0 aromatic rings. The smallest absolute Gasteiger partial charge is 0.156 e. The number of hydrogen-bond donors (Lipinski definition) is 1. The molecule has 0 aliphatic heterocycles. The molecular weight excluding hydrogens is 66.0 g/mol. The summed E-state index contributed by atoms with van der Waals surface area (Å²) in [5, 5.41) is 9.32. The zero-order valence-corrected chi connectivity index (χ0v) is 3.60. The van der Waals surface area contributed by atoms with Gasteiger partial charge in [-0.3, -0.25) is 0 Å². The van der Waals surface area contributed by atoms with Crippen LogP contribution in [-0.2, 0) is 0 Å². The Morgan fingerprint density at radius 2 is 2.00 bits per heavy atom. The summed E-state index contributed by atoms with van der Waals surface area (Å²) in [6, 6.07) is 0. The van der Waals surface area contributed by atoms with Crippen molar-refractivity contribution in [3.8, 4) is 0 Å². The second-order valence-electron chi connectivity index (χ2n) is 0.974. The summed E-state index contributed by atoms with van der Waals surface area (Å²) in [6.45, 7) is 2.57. The highest BCUT2D eigenvalue weighted by Gasteiger charge is 1.89. The van der Waals surface area contributed by atoms with Crippen LogP contribution in [0.15, 0.2) is 0 Å². The van der Waals surface area contributed by atoms with Gasteiger partial charge < -0.3 is 0 Å². The molecule has 0 bridgehead atoms. The first-order chi connectivity index (χ1) is 2.27. The van der Waals surface area contributed by atoms with Gasteiger partial charge in [-0.25, -0.2) is 0 Å². The zero-order valence-electron chi connectivity index (χ0n) is 3.60. The summed E-state index contributed by atoms with van der Waals surface area (Å²) in [5.74, 6) is 0. The van der Waals surface area contributed by atoms with Crippen molar-refractivity contribution in [2.24, 2.45) is 0 Å². The molecule has 5 heavy (non-hydrogen) atoms. The van der Waals surface area contributed by atoms with E-state index in [0.717, 1.165) is 5.06 Å². The fraction of sp³-hybridized carbons (Fsp3) is 1.00. The normalized spacial score (nSPS) is 9.60. The van der Waals surface area contributed by atoms with Crippen LogP contribution >= 0.6 is 0 Å². The first-order valence-electron chi connectivity index (χ1n) is 1.67. The van der Waals surface area contributed by atoms with E-state index < -0.39 is 0 Å². The molecule has 0 aromatic heterocycles. The van der Waals surface area contributed by atoms with Gasteiger partial charge in [-0.05, 0) is 12.0 Å². The third-order valence-electron chi connectivity index (χ3n) is 0.458. The van der Waals surface area contributed by atoms with E-state index in [2.05, 4.69) is 0 Å². The zero-order chi connectivity index (χ0) is 4.28. The molecule has 0 aliphatic carbocycles. The predicted molar refractivity (Wildman–Crippen MR) is 20.4 cm³/mol. The van der Waals surface area contributed by atoms with Crippen LogP contribution < -0.4 is 5.06 Å². The van der Waals surface area contributed by atoms with Crippen molar-refractivity contribution in [3.63, 3.8) is 0 Å². The molecule has 0 unspecified atom stereocenters. The van der Waals surface area contributed by atoms with Gasteiger partial charge in [-0.15, -0.1) is 0 Å². The molecule has 0 fully saturated rings. The monoisotopic (exact) mass is 75.1 g/mol. The van der Waals surface area contributed by atoms with Gasteiger partial charge >= 0.3 is 0 Å². The largest absolute Gasteiger partial charge is 0.163 e. The Labute approximate surface area is 32.0 Å². The third-order valence-corrected chi connectivity index (χ3v) is 0.458. The maximum atomic E-state index is 8.19. The number of hydroxylamine groups is 2. The summed E-state index contributed by atoms with van der Waals surface area (Å²) in [7, 11) is 1.61. The Morgan fingerprint density at radius 3 is 2.00 bits per heavy atom. The molecule has 0 amide bonds. The van der Waals surface area contributed by atoms with Gasteiger partial charge in [0.2, 0.25) is 0 Å². The Bertz CT molecular complexity index is 20.9. The maximum absolute atomic E-state index is 8.19. The topological polar surface area (TPSA) is 26.1 Å². The van der Waals surface area contributed by atoms with Gasteiger partial charge in [0.25, 0.3) is 0 Å². The summed E-state index contributed by atoms with van der Waals surface area (Å²) in [6.07, 6.45) is 0. The van der Waals surface area contributed by atoms with Gasteiger partial charge in [0.15, 0.2) is 6.54 Å². The van der Waals surface area contributed by atoms with Crippen molar-refractivity contribution in [1.82, 2.24) is 5.06 Å². The van der Waals surface area contributed by atoms with Crippen LogP contribution in [0.25, 0.3) is 0 Å². The van der Waals surface area contributed by atoms with E-state index in [1.165, 1.54) is 0 Å². The van der Waals surface area contributed by atoms with Crippen molar-refractivity contribution in [2.45, 2.75) is 6.92 Å². The first kappa shape index (κ1) is 4.92. The summed E-state index contributed by atoms with van der Waals surface area (Å²) < 4.78 is 0. The molecular formula is C3H9NO+. The number of nitrogens with zero attached hydrogens (tertiary/aromatic N) is 1. The van der Waals surface area contributed by atoms with E-state index in [4.69, 9.17) is 5.21 Å².